The van der Waals surface area contributed by atoms with Crippen molar-refractivity contribution in [2.75, 3.05) is 6.61 Å². The average Bonchev–Trinajstić information content (AvgIpc) is 2.64. The lowest BCUT2D eigenvalue weighted by atomic mass is 9.76. The third-order valence-electron chi connectivity index (χ3n) is 5.28. The van der Waals surface area contributed by atoms with Gasteiger partial charge in [-0.15, -0.1) is 0 Å². The quantitative estimate of drug-likeness (QED) is 0.640. The molecular formula is C21H19F3O4S. The van der Waals surface area contributed by atoms with Gasteiger partial charge in [-0.2, -0.15) is 21.6 Å². The zero-order chi connectivity index (χ0) is 20.9. The van der Waals surface area contributed by atoms with E-state index in [1.165, 1.54) is 18.2 Å². The van der Waals surface area contributed by atoms with Gasteiger partial charge in [-0.25, -0.2) is 0 Å². The van der Waals surface area contributed by atoms with Crippen LogP contribution >= 0.6 is 0 Å². The molecule has 2 aromatic carbocycles. The Kier molecular flexibility index (Phi) is 4.74. The maximum Gasteiger partial charge on any atom is 0.416 e. The minimum Gasteiger partial charge on any atom is -0.483 e. The van der Waals surface area contributed by atoms with Crippen molar-refractivity contribution in [2.24, 2.45) is 0 Å². The first-order valence-corrected chi connectivity index (χ1v) is 10.6. The number of hydrogen-bond donors (Lipinski definition) is 0. The van der Waals surface area contributed by atoms with Gasteiger partial charge in [0, 0.05) is 5.56 Å². The zero-order valence-electron chi connectivity index (χ0n) is 15.6. The summed E-state index contributed by atoms with van der Waals surface area (Å²) in [6.07, 6.45) is -0.421. The number of fused-ring (bicyclic) bond motifs is 1. The summed E-state index contributed by atoms with van der Waals surface area (Å²) in [6, 6.07) is 9.42. The standard InChI is InChI=1S/C21H19F3O4S/c1-14-3-6-17(7-4-14)29(25,26)27-13-15-12-20(9-2-10-20)28-19-8-5-16(11-18(15)19)21(22,23)24/h3-8,11-12H,2,9-10,13H2,1H3. The van der Waals surface area contributed by atoms with E-state index < -0.39 is 27.5 Å². The monoisotopic (exact) mass is 424 g/mol. The van der Waals surface area contributed by atoms with E-state index in [4.69, 9.17) is 8.92 Å². The first-order valence-electron chi connectivity index (χ1n) is 9.17. The van der Waals surface area contributed by atoms with Gasteiger partial charge < -0.3 is 4.74 Å². The minimum absolute atomic E-state index is 0.00150. The van der Waals surface area contributed by atoms with Crippen LogP contribution < -0.4 is 4.74 Å². The van der Waals surface area contributed by atoms with E-state index in [9.17, 15) is 21.6 Å². The van der Waals surface area contributed by atoms with Gasteiger partial charge >= 0.3 is 6.18 Å². The van der Waals surface area contributed by atoms with Crippen LogP contribution in [0.2, 0.25) is 0 Å². The lowest BCUT2D eigenvalue weighted by Gasteiger charge is -2.43. The van der Waals surface area contributed by atoms with Crippen molar-refractivity contribution in [1.29, 1.82) is 0 Å². The van der Waals surface area contributed by atoms with Gasteiger partial charge in [0.15, 0.2) is 0 Å². The van der Waals surface area contributed by atoms with E-state index in [1.54, 1.807) is 18.2 Å². The number of benzene rings is 2. The van der Waals surface area contributed by atoms with Crippen molar-refractivity contribution in [1.82, 2.24) is 0 Å². The predicted octanol–water partition coefficient (Wildman–Crippen LogP) is 5.12. The van der Waals surface area contributed by atoms with Crippen LogP contribution in [0.1, 0.15) is 36.0 Å². The summed E-state index contributed by atoms with van der Waals surface area (Å²) in [4.78, 5) is -0.00150. The molecule has 1 fully saturated rings. The van der Waals surface area contributed by atoms with Gasteiger partial charge in [-0.05, 0) is 68.2 Å². The summed E-state index contributed by atoms with van der Waals surface area (Å²) in [7, 11) is -4.05. The summed E-state index contributed by atoms with van der Waals surface area (Å²) >= 11 is 0. The summed E-state index contributed by atoms with van der Waals surface area (Å²) in [5, 5.41) is 0. The number of ether oxygens (including phenoxy) is 1. The van der Waals surface area contributed by atoms with E-state index in [2.05, 4.69) is 0 Å². The van der Waals surface area contributed by atoms with E-state index in [1.807, 2.05) is 6.92 Å². The Morgan fingerprint density at radius 2 is 1.79 bits per heavy atom. The first-order chi connectivity index (χ1) is 13.6. The molecule has 0 amide bonds. The van der Waals surface area contributed by atoms with Gasteiger partial charge in [-0.1, -0.05) is 17.7 Å². The van der Waals surface area contributed by atoms with E-state index in [0.717, 1.165) is 37.0 Å². The van der Waals surface area contributed by atoms with Crippen LogP contribution in [0.4, 0.5) is 13.2 Å². The molecule has 8 heteroatoms. The number of alkyl halides is 3. The molecule has 4 nitrogen and oxygen atoms in total. The number of aryl methyl sites for hydroxylation is 1. The van der Waals surface area contributed by atoms with Gasteiger partial charge in [0.05, 0.1) is 17.1 Å². The number of rotatable bonds is 4. The Balaban J connectivity index is 1.65. The second-order valence-electron chi connectivity index (χ2n) is 7.43. The topological polar surface area (TPSA) is 52.6 Å². The smallest absolute Gasteiger partial charge is 0.416 e. The molecule has 1 saturated carbocycles. The van der Waals surface area contributed by atoms with Crippen LogP contribution in [0, 0.1) is 6.92 Å². The van der Waals surface area contributed by atoms with Crippen molar-refractivity contribution < 1.29 is 30.5 Å². The average molecular weight is 424 g/mol. The van der Waals surface area contributed by atoms with Crippen molar-refractivity contribution >= 4 is 15.7 Å². The molecule has 0 radical (unpaired) electrons. The largest absolute Gasteiger partial charge is 0.483 e. The summed E-state index contributed by atoms with van der Waals surface area (Å²) in [5.74, 6) is 0.312. The maximum atomic E-state index is 13.2. The Labute approximate surface area is 167 Å². The Bertz CT molecular complexity index is 1070. The van der Waals surface area contributed by atoms with Crippen LogP contribution in [0.5, 0.6) is 5.75 Å². The highest BCUT2D eigenvalue weighted by molar-refractivity contribution is 7.86. The molecular weight excluding hydrogens is 405 g/mol. The van der Waals surface area contributed by atoms with Crippen LogP contribution in [0.15, 0.2) is 53.4 Å². The molecule has 1 heterocycles. The highest BCUT2D eigenvalue weighted by atomic mass is 32.2. The molecule has 154 valence electrons. The van der Waals surface area contributed by atoms with Crippen molar-refractivity contribution in [3.05, 3.63) is 65.2 Å². The SMILES string of the molecule is Cc1ccc(S(=O)(=O)OCC2=CC3(CCC3)Oc3ccc(C(F)(F)F)cc32)cc1. The molecule has 1 aliphatic carbocycles. The summed E-state index contributed by atoms with van der Waals surface area (Å²) < 4.78 is 75.6. The maximum absolute atomic E-state index is 13.2. The molecule has 0 atom stereocenters. The Hall–Kier alpha value is -2.32. The Morgan fingerprint density at radius 3 is 2.38 bits per heavy atom. The van der Waals surface area contributed by atoms with Gasteiger partial charge in [0.2, 0.25) is 0 Å². The van der Waals surface area contributed by atoms with Gasteiger partial charge in [0.25, 0.3) is 10.1 Å². The number of halogens is 3. The predicted molar refractivity (Wildman–Crippen MR) is 101 cm³/mol. The normalized spacial score (nSPS) is 17.9. The molecule has 2 aromatic rings. The third kappa shape index (κ3) is 3.91. The molecule has 1 aliphatic heterocycles. The van der Waals surface area contributed by atoms with E-state index >= 15 is 0 Å². The molecule has 4 rings (SSSR count). The van der Waals surface area contributed by atoms with Gasteiger partial charge in [-0.3, -0.25) is 4.18 Å². The fraction of sp³-hybridized carbons (Fsp3) is 0.333. The Morgan fingerprint density at radius 1 is 1.10 bits per heavy atom. The van der Waals surface area contributed by atoms with E-state index in [0.29, 0.717) is 11.3 Å². The molecule has 0 aromatic heterocycles. The number of hydrogen-bond acceptors (Lipinski definition) is 4. The summed E-state index contributed by atoms with van der Waals surface area (Å²) in [5.41, 5.74) is 0.0662. The molecule has 0 unspecified atom stereocenters. The minimum atomic E-state index is -4.51. The second kappa shape index (κ2) is 6.88. The molecule has 0 bridgehead atoms. The first kappa shape index (κ1) is 20.0. The third-order valence-corrected chi connectivity index (χ3v) is 6.56. The fourth-order valence-electron chi connectivity index (χ4n) is 3.50. The highest BCUT2D eigenvalue weighted by Crippen LogP contribution is 2.47. The van der Waals surface area contributed by atoms with Crippen molar-refractivity contribution in [3.63, 3.8) is 0 Å². The van der Waals surface area contributed by atoms with Crippen LogP contribution in [0.25, 0.3) is 5.57 Å². The molecule has 1 spiro atoms. The van der Waals surface area contributed by atoms with Crippen LogP contribution in [0.3, 0.4) is 0 Å². The van der Waals surface area contributed by atoms with E-state index in [-0.39, 0.29) is 17.1 Å². The van der Waals surface area contributed by atoms with Crippen molar-refractivity contribution in [3.8, 4) is 5.75 Å². The van der Waals surface area contributed by atoms with Gasteiger partial charge in [0.1, 0.15) is 11.4 Å². The molecule has 0 N–H and O–H groups in total. The summed E-state index contributed by atoms with van der Waals surface area (Å²) in [6.45, 7) is 1.47. The molecule has 29 heavy (non-hydrogen) atoms. The van der Waals surface area contributed by atoms with Crippen LogP contribution in [-0.2, 0) is 20.5 Å². The fourth-order valence-corrected chi connectivity index (χ4v) is 4.38. The highest BCUT2D eigenvalue weighted by Gasteiger charge is 2.42. The molecule has 2 aliphatic rings. The lowest BCUT2D eigenvalue weighted by molar-refractivity contribution is -0.137. The van der Waals surface area contributed by atoms with Crippen LogP contribution in [-0.4, -0.2) is 20.6 Å². The lowest BCUT2D eigenvalue weighted by Crippen LogP contribution is -2.43. The second-order valence-corrected chi connectivity index (χ2v) is 9.04. The zero-order valence-corrected chi connectivity index (χ0v) is 16.4. The molecule has 0 saturated heterocycles. The van der Waals surface area contributed by atoms with Crippen molar-refractivity contribution in [2.45, 2.75) is 42.9 Å².